The van der Waals surface area contributed by atoms with E-state index in [2.05, 4.69) is 10.3 Å². The molecule has 1 aliphatic carbocycles. The highest BCUT2D eigenvalue weighted by molar-refractivity contribution is 7.90. The van der Waals surface area contributed by atoms with Crippen LogP contribution < -0.4 is 10.2 Å². The summed E-state index contributed by atoms with van der Waals surface area (Å²) in [5, 5.41) is 3.02. The summed E-state index contributed by atoms with van der Waals surface area (Å²) in [7, 11) is -3.19. The van der Waals surface area contributed by atoms with Crippen LogP contribution in [0, 0.1) is 0 Å². The first-order valence-corrected chi connectivity index (χ1v) is 13.8. The lowest BCUT2D eigenvalue weighted by atomic mass is 9.95. The lowest BCUT2D eigenvalue weighted by molar-refractivity contribution is -0.160. The van der Waals surface area contributed by atoms with Crippen molar-refractivity contribution in [3.8, 4) is 0 Å². The Balaban J connectivity index is 1.53. The van der Waals surface area contributed by atoms with E-state index in [1.807, 2.05) is 0 Å². The maximum Gasteiger partial charge on any atom is 0.398 e. The van der Waals surface area contributed by atoms with Gasteiger partial charge < -0.3 is 10.2 Å². The monoisotopic (exact) mass is 538 g/mol. The average Bonchev–Trinajstić information content (AvgIpc) is 3.56. The van der Waals surface area contributed by atoms with Crippen LogP contribution in [0.5, 0.6) is 0 Å². The fourth-order valence-corrected chi connectivity index (χ4v) is 5.69. The molecule has 2 aromatic rings. The van der Waals surface area contributed by atoms with Gasteiger partial charge in [0, 0.05) is 25.0 Å². The summed E-state index contributed by atoms with van der Waals surface area (Å²) in [4.78, 5) is 33.2. The molecule has 1 aromatic carbocycles. The molecule has 8 nitrogen and oxygen atoms in total. The van der Waals surface area contributed by atoms with Gasteiger partial charge in [-0.3, -0.25) is 4.79 Å². The molecule has 1 unspecified atom stereocenters. The number of amides is 3. The highest BCUT2D eigenvalue weighted by Crippen LogP contribution is 2.59. The molecular formula is C25H29F3N4O4S. The second-order valence-corrected chi connectivity index (χ2v) is 12.6. The van der Waals surface area contributed by atoms with Crippen LogP contribution in [-0.2, 0) is 26.6 Å². The molecule has 2 heterocycles. The van der Waals surface area contributed by atoms with E-state index < -0.39 is 44.9 Å². The Hall–Kier alpha value is -3.15. The van der Waals surface area contributed by atoms with E-state index in [0.717, 1.165) is 11.2 Å². The summed E-state index contributed by atoms with van der Waals surface area (Å²) in [6.07, 6.45) is -1.65. The minimum Gasteiger partial charge on any atom is -0.367 e. The quantitative estimate of drug-likeness (QED) is 0.504. The number of aromatic nitrogens is 1. The number of carbonyl (C=O) groups excluding carboxylic acids is 2. The molecule has 2 aliphatic rings. The molecule has 1 N–H and O–H groups in total. The van der Waals surface area contributed by atoms with Crippen LogP contribution in [0.15, 0.2) is 42.6 Å². The number of hydrogen-bond donors (Lipinski definition) is 1. The number of pyridine rings is 1. The molecule has 0 spiro atoms. The van der Waals surface area contributed by atoms with Crippen molar-refractivity contribution < 1.29 is 31.2 Å². The summed E-state index contributed by atoms with van der Waals surface area (Å²) in [6, 6.07) is 7.82. The van der Waals surface area contributed by atoms with E-state index in [4.69, 9.17) is 0 Å². The summed E-state index contributed by atoms with van der Waals surface area (Å²) >= 11 is 0. The molecule has 12 heteroatoms. The van der Waals surface area contributed by atoms with Crippen molar-refractivity contribution in [2.75, 3.05) is 22.2 Å². The Morgan fingerprint density at radius 1 is 1.11 bits per heavy atom. The van der Waals surface area contributed by atoms with Gasteiger partial charge in [0.25, 0.3) is 5.91 Å². The predicted molar refractivity (Wildman–Crippen MR) is 133 cm³/mol. The summed E-state index contributed by atoms with van der Waals surface area (Å²) in [5.74, 6) is -0.143. The number of nitrogens with one attached hydrogen (secondary N) is 1. The van der Waals surface area contributed by atoms with Crippen molar-refractivity contribution in [3.05, 3.63) is 53.7 Å². The number of urea groups is 1. The van der Waals surface area contributed by atoms with Gasteiger partial charge in [0.2, 0.25) is 0 Å². The average molecular weight is 539 g/mol. The van der Waals surface area contributed by atoms with Crippen LogP contribution in [0.2, 0.25) is 0 Å². The van der Waals surface area contributed by atoms with Gasteiger partial charge in [-0.2, -0.15) is 13.2 Å². The smallest absolute Gasteiger partial charge is 0.367 e. The lowest BCUT2D eigenvalue weighted by Crippen LogP contribution is -2.43. The third-order valence-electron chi connectivity index (χ3n) is 6.91. The van der Waals surface area contributed by atoms with Gasteiger partial charge in [-0.1, -0.05) is 12.1 Å². The molecule has 200 valence electrons. The van der Waals surface area contributed by atoms with Gasteiger partial charge in [-0.05, 0) is 69.0 Å². The molecule has 37 heavy (non-hydrogen) atoms. The first-order valence-electron chi connectivity index (χ1n) is 11.8. The van der Waals surface area contributed by atoms with Crippen molar-refractivity contribution in [1.29, 1.82) is 0 Å². The van der Waals surface area contributed by atoms with E-state index in [0.29, 0.717) is 11.4 Å². The number of alkyl halides is 3. The number of benzene rings is 1. The van der Waals surface area contributed by atoms with E-state index in [9.17, 15) is 31.2 Å². The zero-order valence-electron chi connectivity index (χ0n) is 21.0. The van der Waals surface area contributed by atoms with E-state index in [1.54, 1.807) is 32.9 Å². The SMILES string of the molecule is CC(CS(C)(=O)=O)Nc1cc(CN2C(=O)N(c3ccc(C4(C(F)(F)F)CC4)cc3)C(=O)C2(C)C)ccn1. The summed E-state index contributed by atoms with van der Waals surface area (Å²) in [6.45, 7) is 5.00. The van der Waals surface area contributed by atoms with Crippen molar-refractivity contribution in [1.82, 2.24) is 9.88 Å². The molecule has 0 radical (unpaired) electrons. The van der Waals surface area contributed by atoms with Gasteiger partial charge in [-0.15, -0.1) is 0 Å². The second kappa shape index (κ2) is 9.00. The number of anilines is 2. The molecule has 1 saturated heterocycles. The second-order valence-electron chi connectivity index (χ2n) is 10.4. The highest BCUT2D eigenvalue weighted by Gasteiger charge is 2.64. The number of halogens is 3. The zero-order chi connectivity index (χ0) is 27.4. The molecule has 1 atom stereocenters. The summed E-state index contributed by atoms with van der Waals surface area (Å²) < 4.78 is 63.5. The third-order valence-corrected chi connectivity index (χ3v) is 8.01. The molecule has 1 saturated carbocycles. The lowest BCUT2D eigenvalue weighted by Gasteiger charge is -2.28. The Morgan fingerprint density at radius 3 is 2.27 bits per heavy atom. The topological polar surface area (TPSA) is 99.7 Å². The van der Waals surface area contributed by atoms with Gasteiger partial charge in [-0.25, -0.2) is 23.1 Å². The highest BCUT2D eigenvalue weighted by atomic mass is 32.2. The first kappa shape index (κ1) is 26.9. The van der Waals surface area contributed by atoms with Gasteiger partial charge in [0.1, 0.15) is 21.2 Å². The fraction of sp³-hybridized carbons (Fsp3) is 0.480. The minimum atomic E-state index is -4.35. The van der Waals surface area contributed by atoms with Crippen molar-refractivity contribution in [2.24, 2.45) is 0 Å². The number of nitrogens with zero attached hydrogens (tertiary/aromatic N) is 3. The standard InChI is InChI=1S/C25H29F3N4O4S/c1-16(15-37(4,35)36)30-20-13-17(9-12-29-20)14-31-22(34)32(21(33)23(31,2)3)19-7-5-18(6-8-19)24(10-11-24)25(26,27)28/h5-9,12-13,16H,10-11,14-15H2,1-4H3,(H,29,30). The van der Waals surface area contributed by atoms with Crippen molar-refractivity contribution in [3.63, 3.8) is 0 Å². The van der Waals surface area contributed by atoms with Crippen molar-refractivity contribution >= 4 is 33.3 Å². The van der Waals surface area contributed by atoms with E-state index in [-0.39, 0.29) is 36.4 Å². The number of hydrogen-bond acceptors (Lipinski definition) is 6. The van der Waals surface area contributed by atoms with Gasteiger partial charge >= 0.3 is 12.2 Å². The Morgan fingerprint density at radius 2 is 1.73 bits per heavy atom. The maximum absolute atomic E-state index is 13.5. The van der Waals surface area contributed by atoms with Crippen molar-refractivity contribution in [2.45, 2.75) is 63.3 Å². The van der Waals surface area contributed by atoms with Crippen LogP contribution in [0.1, 0.15) is 44.7 Å². The first-order chi connectivity index (χ1) is 17.0. The molecule has 4 rings (SSSR count). The van der Waals surface area contributed by atoms with Gasteiger partial charge in [0.15, 0.2) is 0 Å². The molecule has 0 bridgehead atoms. The molecule has 1 aromatic heterocycles. The Kier molecular flexibility index (Phi) is 6.54. The minimum absolute atomic E-state index is 0.0219. The molecule has 2 fully saturated rings. The number of rotatable bonds is 8. The zero-order valence-corrected chi connectivity index (χ0v) is 21.8. The number of imide groups is 1. The van der Waals surface area contributed by atoms with Crippen LogP contribution in [0.25, 0.3) is 0 Å². The van der Waals surface area contributed by atoms with Crippen LogP contribution in [0.4, 0.5) is 29.5 Å². The summed E-state index contributed by atoms with van der Waals surface area (Å²) in [5.41, 5.74) is -2.06. The Bertz CT molecular complexity index is 1320. The maximum atomic E-state index is 13.5. The van der Waals surface area contributed by atoms with E-state index >= 15 is 0 Å². The van der Waals surface area contributed by atoms with E-state index in [1.165, 1.54) is 35.4 Å². The largest absolute Gasteiger partial charge is 0.398 e. The molecule has 3 amide bonds. The predicted octanol–water partition coefficient (Wildman–Crippen LogP) is 4.27. The van der Waals surface area contributed by atoms with Crippen LogP contribution >= 0.6 is 0 Å². The normalized spacial score (nSPS) is 19.8. The molecular weight excluding hydrogens is 509 g/mol. The fourth-order valence-electron chi connectivity index (χ4n) is 4.70. The molecule has 1 aliphatic heterocycles. The van der Waals surface area contributed by atoms with Gasteiger partial charge in [0.05, 0.1) is 16.9 Å². The Labute approximate surface area is 213 Å². The number of carbonyl (C=O) groups is 2. The third kappa shape index (κ3) is 5.16. The van der Waals surface area contributed by atoms with Crippen LogP contribution in [-0.4, -0.2) is 60.0 Å². The number of sulfone groups is 1. The van der Waals surface area contributed by atoms with Crippen LogP contribution in [0.3, 0.4) is 0 Å².